The van der Waals surface area contributed by atoms with Gasteiger partial charge in [0, 0.05) is 29.2 Å². The summed E-state index contributed by atoms with van der Waals surface area (Å²) in [4.78, 5) is 0. The van der Waals surface area contributed by atoms with Gasteiger partial charge in [0.15, 0.2) is 0 Å². The van der Waals surface area contributed by atoms with Gasteiger partial charge in [0.25, 0.3) is 0 Å². The number of hydrogen-bond donors (Lipinski definition) is 1. The van der Waals surface area contributed by atoms with Crippen molar-refractivity contribution in [1.29, 1.82) is 0 Å². The summed E-state index contributed by atoms with van der Waals surface area (Å²) >= 11 is 12.2. The summed E-state index contributed by atoms with van der Waals surface area (Å²) in [6.07, 6.45) is 2.62. The number of benzene rings is 1. The molecule has 1 saturated heterocycles. The SMILES string of the molecule is CCC1OCCC1CNC(C)c1cc(Cl)ccc1Cl. The lowest BCUT2D eigenvalue weighted by atomic mass is 9.98. The Balaban J connectivity index is 1.93. The Labute approximate surface area is 125 Å². The van der Waals surface area contributed by atoms with Crippen LogP contribution >= 0.6 is 23.2 Å². The van der Waals surface area contributed by atoms with Crippen molar-refractivity contribution in [3.8, 4) is 0 Å². The minimum atomic E-state index is 0.198. The maximum absolute atomic E-state index is 6.22. The van der Waals surface area contributed by atoms with Gasteiger partial charge in [-0.15, -0.1) is 0 Å². The first-order chi connectivity index (χ1) is 9.11. The molecule has 3 unspecified atom stereocenters. The van der Waals surface area contributed by atoms with Gasteiger partial charge in [-0.25, -0.2) is 0 Å². The lowest BCUT2D eigenvalue weighted by molar-refractivity contribution is 0.0867. The Hall–Kier alpha value is -0.280. The van der Waals surface area contributed by atoms with Gasteiger partial charge in [-0.2, -0.15) is 0 Å². The fourth-order valence-electron chi connectivity index (χ4n) is 2.66. The van der Waals surface area contributed by atoms with Gasteiger partial charge in [0.05, 0.1) is 6.10 Å². The minimum Gasteiger partial charge on any atom is -0.378 e. The second-order valence-electron chi connectivity index (χ2n) is 5.16. The third-order valence-corrected chi connectivity index (χ3v) is 4.44. The van der Waals surface area contributed by atoms with E-state index >= 15 is 0 Å². The molecular formula is C15H21Cl2NO. The smallest absolute Gasteiger partial charge is 0.0613 e. The molecule has 2 rings (SSSR count). The zero-order chi connectivity index (χ0) is 13.8. The average molecular weight is 302 g/mol. The van der Waals surface area contributed by atoms with Crippen LogP contribution < -0.4 is 5.32 Å². The predicted molar refractivity (Wildman–Crippen MR) is 81.0 cm³/mol. The molecular weight excluding hydrogens is 281 g/mol. The van der Waals surface area contributed by atoms with Crippen LogP contribution in [0, 0.1) is 5.92 Å². The Bertz CT molecular complexity index is 425. The van der Waals surface area contributed by atoms with Crippen molar-refractivity contribution in [3.63, 3.8) is 0 Å². The molecule has 1 aromatic rings. The fraction of sp³-hybridized carbons (Fsp3) is 0.600. The molecule has 3 atom stereocenters. The topological polar surface area (TPSA) is 21.3 Å². The minimum absolute atomic E-state index is 0.198. The predicted octanol–water partition coefficient (Wildman–Crippen LogP) is 4.46. The van der Waals surface area contributed by atoms with Crippen LogP contribution in [0.5, 0.6) is 0 Å². The zero-order valence-electron chi connectivity index (χ0n) is 11.5. The molecule has 106 valence electrons. The summed E-state index contributed by atoms with van der Waals surface area (Å²) in [5.41, 5.74) is 1.06. The van der Waals surface area contributed by atoms with Crippen LogP contribution in [-0.4, -0.2) is 19.3 Å². The third-order valence-electron chi connectivity index (χ3n) is 3.86. The van der Waals surface area contributed by atoms with E-state index in [-0.39, 0.29) is 6.04 Å². The molecule has 0 radical (unpaired) electrons. The number of halogens is 2. The third kappa shape index (κ3) is 3.85. The van der Waals surface area contributed by atoms with Gasteiger partial charge in [-0.05, 0) is 49.4 Å². The van der Waals surface area contributed by atoms with Gasteiger partial charge in [0.2, 0.25) is 0 Å². The summed E-state index contributed by atoms with van der Waals surface area (Å²) < 4.78 is 5.71. The van der Waals surface area contributed by atoms with Crippen molar-refractivity contribution in [2.75, 3.05) is 13.2 Å². The molecule has 19 heavy (non-hydrogen) atoms. The van der Waals surface area contributed by atoms with E-state index in [1.165, 1.54) is 0 Å². The molecule has 0 aromatic heterocycles. The summed E-state index contributed by atoms with van der Waals surface area (Å²) in [7, 11) is 0. The van der Waals surface area contributed by atoms with Gasteiger partial charge in [-0.3, -0.25) is 0 Å². The van der Waals surface area contributed by atoms with Gasteiger partial charge in [-0.1, -0.05) is 30.1 Å². The summed E-state index contributed by atoms with van der Waals surface area (Å²) in [5, 5.41) is 5.04. The highest BCUT2D eigenvalue weighted by molar-refractivity contribution is 6.33. The van der Waals surface area contributed by atoms with Crippen LogP contribution in [0.1, 0.15) is 38.3 Å². The molecule has 0 spiro atoms. The zero-order valence-corrected chi connectivity index (χ0v) is 13.0. The lowest BCUT2D eigenvalue weighted by Crippen LogP contribution is -2.30. The monoisotopic (exact) mass is 301 g/mol. The molecule has 0 bridgehead atoms. The van der Waals surface area contributed by atoms with Crippen molar-refractivity contribution in [1.82, 2.24) is 5.32 Å². The number of rotatable bonds is 5. The van der Waals surface area contributed by atoms with E-state index < -0.39 is 0 Å². The standard InChI is InChI=1S/C15H21Cl2NO/c1-3-15-11(6-7-19-15)9-18-10(2)13-8-12(16)4-5-14(13)17/h4-5,8,10-11,15,18H,3,6-7,9H2,1-2H3. The quantitative estimate of drug-likeness (QED) is 0.867. The number of nitrogens with one attached hydrogen (secondary N) is 1. The molecule has 1 aliphatic rings. The van der Waals surface area contributed by atoms with Crippen LogP contribution in [0.3, 0.4) is 0 Å². The molecule has 4 heteroatoms. The highest BCUT2D eigenvalue weighted by atomic mass is 35.5. The first-order valence-electron chi connectivity index (χ1n) is 6.91. The largest absolute Gasteiger partial charge is 0.378 e. The first kappa shape index (κ1) is 15.1. The molecule has 0 amide bonds. The van der Waals surface area contributed by atoms with Crippen molar-refractivity contribution in [3.05, 3.63) is 33.8 Å². The van der Waals surface area contributed by atoms with Crippen molar-refractivity contribution in [2.45, 2.75) is 38.8 Å². The van der Waals surface area contributed by atoms with E-state index in [1.54, 1.807) is 0 Å². The van der Waals surface area contributed by atoms with Crippen LogP contribution in [0.4, 0.5) is 0 Å². The van der Waals surface area contributed by atoms with E-state index in [0.717, 1.165) is 41.6 Å². The maximum Gasteiger partial charge on any atom is 0.0613 e. The Morgan fingerprint density at radius 1 is 1.42 bits per heavy atom. The van der Waals surface area contributed by atoms with Crippen LogP contribution in [0.15, 0.2) is 18.2 Å². The Morgan fingerprint density at radius 2 is 2.21 bits per heavy atom. The second kappa shape index (κ2) is 6.94. The van der Waals surface area contributed by atoms with Crippen LogP contribution in [0.2, 0.25) is 10.0 Å². The molecule has 1 heterocycles. The van der Waals surface area contributed by atoms with Crippen molar-refractivity contribution >= 4 is 23.2 Å². The molecule has 1 aliphatic heterocycles. The Kier molecular flexibility index (Phi) is 5.52. The summed E-state index contributed by atoms with van der Waals surface area (Å²) in [6.45, 7) is 6.15. The van der Waals surface area contributed by atoms with E-state index in [4.69, 9.17) is 27.9 Å². The van der Waals surface area contributed by atoms with Crippen LogP contribution in [-0.2, 0) is 4.74 Å². The lowest BCUT2D eigenvalue weighted by Gasteiger charge is -2.21. The number of hydrogen-bond acceptors (Lipinski definition) is 2. The first-order valence-corrected chi connectivity index (χ1v) is 7.67. The van der Waals surface area contributed by atoms with E-state index in [1.807, 2.05) is 18.2 Å². The summed E-state index contributed by atoms with van der Waals surface area (Å²) in [5.74, 6) is 0.602. The van der Waals surface area contributed by atoms with E-state index in [9.17, 15) is 0 Å². The second-order valence-corrected chi connectivity index (χ2v) is 6.01. The van der Waals surface area contributed by atoms with Gasteiger partial charge < -0.3 is 10.1 Å². The molecule has 2 nitrogen and oxygen atoms in total. The summed E-state index contributed by atoms with van der Waals surface area (Å²) in [6, 6.07) is 5.80. The normalized spacial score (nSPS) is 24.6. The van der Waals surface area contributed by atoms with Gasteiger partial charge >= 0.3 is 0 Å². The van der Waals surface area contributed by atoms with Crippen molar-refractivity contribution < 1.29 is 4.74 Å². The average Bonchev–Trinajstić information content (AvgIpc) is 2.86. The van der Waals surface area contributed by atoms with Gasteiger partial charge in [0.1, 0.15) is 0 Å². The highest BCUT2D eigenvalue weighted by Gasteiger charge is 2.26. The number of ether oxygens (including phenoxy) is 1. The highest BCUT2D eigenvalue weighted by Crippen LogP contribution is 2.27. The van der Waals surface area contributed by atoms with Crippen LogP contribution in [0.25, 0.3) is 0 Å². The van der Waals surface area contributed by atoms with E-state index in [0.29, 0.717) is 12.0 Å². The molecule has 1 aromatic carbocycles. The van der Waals surface area contributed by atoms with E-state index in [2.05, 4.69) is 19.2 Å². The fourth-order valence-corrected chi connectivity index (χ4v) is 3.12. The molecule has 0 saturated carbocycles. The van der Waals surface area contributed by atoms with Crippen molar-refractivity contribution in [2.24, 2.45) is 5.92 Å². The maximum atomic E-state index is 6.22. The Morgan fingerprint density at radius 3 is 2.95 bits per heavy atom. The molecule has 0 aliphatic carbocycles. The molecule has 1 N–H and O–H groups in total. The molecule has 1 fully saturated rings.